The molecule has 0 saturated carbocycles. The number of para-hydroxylation sites is 1. The zero-order valence-electron chi connectivity index (χ0n) is 22.1. The van der Waals surface area contributed by atoms with Crippen LogP contribution in [0.2, 0.25) is 0 Å². The number of nitrogens with one attached hydrogen (secondary N) is 1. The molecule has 1 fully saturated rings. The van der Waals surface area contributed by atoms with Crippen LogP contribution in [0.15, 0.2) is 24.3 Å². The molecule has 1 saturated heterocycles. The Hall–Kier alpha value is -2.87. The molecule has 200 valence electrons. The number of carbonyl (C=O) groups excluding carboxylic acids is 2. The van der Waals surface area contributed by atoms with Crippen LogP contribution in [0, 0.1) is 0 Å². The first-order valence-electron chi connectivity index (χ1n) is 14.1. The molecule has 8 nitrogen and oxygen atoms in total. The molecule has 0 bridgehead atoms. The maximum atomic E-state index is 14.2. The second kappa shape index (κ2) is 11.7. The van der Waals surface area contributed by atoms with Crippen molar-refractivity contribution in [3.8, 4) is 5.75 Å². The molecule has 1 aliphatic carbocycles. The lowest BCUT2D eigenvalue weighted by Gasteiger charge is -2.44. The summed E-state index contributed by atoms with van der Waals surface area (Å²) in [6.07, 6.45) is 9.19. The molecule has 3 heterocycles. The second-order valence-electron chi connectivity index (χ2n) is 10.6. The van der Waals surface area contributed by atoms with Gasteiger partial charge in [-0.3, -0.25) is 14.7 Å². The Bertz CT molecular complexity index is 1100. The van der Waals surface area contributed by atoms with Crippen LogP contribution < -0.4 is 4.74 Å². The summed E-state index contributed by atoms with van der Waals surface area (Å²) in [5.74, 6) is 0.812. The minimum absolute atomic E-state index is 0.0139. The van der Waals surface area contributed by atoms with Crippen LogP contribution in [0.25, 0.3) is 0 Å². The molecular formula is C29H40N4O4. The Kier molecular flexibility index (Phi) is 8.13. The van der Waals surface area contributed by atoms with Crippen LogP contribution in [-0.4, -0.2) is 76.8 Å². The number of hydrogen-bond acceptors (Lipinski definition) is 5. The fraction of sp³-hybridized carbons (Fsp3) is 0.621. The largest absolute Gasteiger partial charge is 0.491 e. The van der Waals surface area contributed by atoms with Crippen molar-refractivity contribution in [2.24, 2.45) is 0 Å². The summed E-state index contributed by atoms with van der Waals surface area (Å²) in [5.41, 5.74) is 2.85. The van der Waals surface area contributed by atoms with Crippen LogP contribution in [-0.2, 0) is 28.8 Å². The highest BCUT2D eigenvalue weighted by atomic mass is 16.5. The molecule has 1 unspecified atom stereocenters. The average Bonchev–Trinajstić information content (AvgIpc) is 3.36. The molecule has 1 aromatic carbocycles. The summed E-state index contributed by atoms with van der Waals surface area (Å²) >= 11 is 0. The molecule has 37 heavy (non-hydrogen) atoms. The fourth-order valence-corrected chi connectivity index (χ4v) is 5.95. The predicted octanol–water partition coefficient (Wildman–Crippen LogP) is 3.93. The quantitative estimate of drug-likeness (QED) is 0.676. The van der Waals surface area contributed by atoms with Crippen LogP contribution in [0.1, 0.15) is 79.2 Å². The number of ether oxygens (including phenoxy) is 2. The first kappa shape index (κ1) is 25.8. The second-order valence-corrected chi connectivity index (χ2v) is 10.6. The Labute approximate surface area is 219 Å². The van der Waals surface area contributed by atoms with E-state index in [4.69, 9.17) is 9.47 Å². The Morgan fingerprint density at radius 1 is 1.08 bits per heavy atom. The van der Waals surface area contributed by atoms with E-state index in [1.807, 2.05) is 28.0 Å². The zero-order chi connectivity index (χ0) is 25.7. The summed E-state index contributed by atoms with van der Waals surface area (Å²) in [6, 6.07) is 8.19. The molecule has 2 aromatic rings. The number of aromatic nitrogens is 2. The molecule has 8 heteroatoms. The summed E-state index contributed by atoms with van der Waals surface area (Å²) < 4.78 is 12.5. The van der Waals surface area contributed by atoms with Gasteiger partial charge in [-0.25, -0.2) is 0 Å². The van der Waals surface area contributed by atoms with Gasteiger partial charge in [0.15, 0.2) is 11.3 Å². The maximum Gasteiger partial charge on any atom is 0.274 e. The van der Waals surface area contributed by atoms with Crippen molar-refractivity contribution in [3.63, 3.8) is 0 Å². The Balaban J connectivity index is 1.39. The minimum Gasteiger partial charge on any atom is -0.491 e. The van der Waals surface area contributed by atoms with Crippen molar-refractivity contribution in [1.82, 2.24) is 20.0 Å². The highest BCUT2D eigenvalue weighted by Crippen LogP contribution is 2.31. The molecule has 1 aromatic heterocycles. The molecule has 1 N–H and O–H groups in total. The van der Waals surface area contributed by atoms with Crippen LogP contribution in [0.5, 0.6) is 5.75 Å². The number of amides is 2. The number of hydrogen-bond donors (Lipinski definition) is 1. The number of carbonyl (C=O) groups is 2. The van der Waals surface area contributed by atoms with E-state index in [-0.39, 0.29) is 18.4 Å². The Morgan fingerprint density at radius 3 is 2.81 bits per heavy atom. The molecule has 1 atom stereocenters. The van der Waals surface area contributed by atoms with E-state index >= 15 is 0 Å². The van der Waals surface area contributed by atoms with Gasteiger partial charge in [0.05, 0.1) is 19.7 Å². The van der Waals surface area contributed by atoms with Gasteiger partial charge in [0, 0.05) is 24.3 Å². The van der Waals surface area contributed by atoms with Gasteiger partial charge in [0.1, 0.15) is 12.4 Å². The van der Waals surface area contributed by atoms with Gasteiger partial charge in [0.25, 0.3) is 11.8 Å². The van der Waals surface area contributed by atoms with E-state index in [0.29, 0.717) is 45.0 Å². The monoisotopic (exact) mass is 508 g/mol. The molecule has 0 radical (unpaired) electrons. The minimum atomic E-state index is -1.03. The number of rotatable bonds is 4. The maximum absolute atomic E-state index is 14.2. The number of fused-ring (bicyclic) bond motifs is 2. The van der Waals surface area contributed by atoms with Crippen LogP contribution in [0.3, 0.4) is 0 Å². The summed E-state index contributed by atoms with van der Waals surface area (Å²) in [7, 11) is 0. The number of nitrogens with zero attached hydrogens (tertiary/aromatic N) is 3. The molecule has 1 spiro atoms. The van der Waals surface area contributed by atoms with Crippen LogP contribution in [0.4, 0.5) is 0 Å². The third-order valence-electron chi connectivity index (χ3n) is 8.06. The fourth-order valence-electron chi connectivity index (χ4n) is 5.95. The SMILES string of the molecule is CCCCN1CCOc2ccccc2CCCCC2(CN(C(=O)c3n[nH]c4c3CCCC4)CCO2)C1=O. The van der Waals surface area contributed by atoms with Gasteiger partial charge in [-0.1, -0.05) is 31.5 Å². The van der Waals surface area contributed by atoms with Crippen molar-refractivity contribution >= 4 is 11.8 Å². The van der Waals surface area contributed by atoms with Gasteiger partial charge >= 0.3 is 0 Å². The molecule has 2 aliphatic heterocycles. The van der Waals surface area contributed by atoms with E-state index in [1.165, 1.54) is 5.56 Å². The average molecular weight is 509 g/mol. The van der Waals surface area contributed by atoms with Gasteiger partial charge in [-0.2, -0.15) is 5.10 Å². The summed E-state index contributed by atoms with van der Waals surface area (Å²) in [4.78, 5) is 31.5. The zero-order valence-corrected chi connectivity index (χ0v) is 22.1. The van der Waals surface area contributed by atoms with Crippen LogP contribution >= 0.6 is 0 Å². The van der Waals surface area contributed by atoms with E-state index in [0.717, 1.165) is 74.8 Å². The van der Waals surface area contributed by atoms with Crippen molar-refractivity contribution in [3.05, 3.63) is 46.8 Å². The number of aromatic amines is 1. The first-order chi connectivity index (χ1) is 18.1. The number of unbranched alkanes of at least 4 members (excludes halogenated alkanes) is 1. The van der Waals surface area contributed by atoms with E-state index in [9.17, 15) is 9.59 Å². The van der Waals surface area contributed by atoms with Gasteiger partial charge < -0.3 is 19.3 Å². The highest BCUT2D eigenvalue weighted by Gasteiger charge is 2.47. The van der Waals surface area contributed by atoms with Gasteiger partial charge in [-0.05, 0) is 69.4 Å². The summed E-state index contributed by atoms with van der Waals surface area (Å²) in [6.45, 7) is 4.82. The molecule has 3 aliphatic rings. The predicted molar refractivity (Wildman–Crippen MR) is 141 cm³/mol. The number of aryl methyl sites for hydroxylation is 2. The van der Waals surface area contributed by atoms with Gasteiger partial charge in [0.2, 0.25) is 0 Å². The van der Waals surface area contributed by atoms with Crippen molar-refractivity contribution in [1.29, 1.82) is 0 Å². The third kappa shape index (κ3) is 5.54. The smallest absolute Gasteiger partial charge is 0.274 e. The van der Waals surface area contributed by atoms with E-state index in [2.05, 4.69) is 23.2 Å². The number of morpholine rings is 1. The standard InChI is InChI=1S/C29H40N4O4/c1-2-3-16-32-17-19-36-25-14-7-4-10-22(25)11-8-9-15-29(28(32)35)21-33(18-20-37-29)27(34)26-23-12-5-6-13-24(23)30-31-26/h4,7,10,14H,2-3,5-6,8-9,11-13,15-21H2,1H3,(H,30,31). The molecular weight excluding hydrogens is 468 g/mol. The molecule has 2 amide bonds. The van der Waals surface area contributed by atoms with E-state index < -0.39 is 5.60 Å². The van der Waals surface area contributed by atoms with Gasteiger partial charge in [-0.15, -0.1) is 0 Å². The normalized spacial score (nSPS) is 23.0. The topological polar surface area (TPSA) is 87.8 Å². The first-order valence-corrected chi connectivity index (χ1v) is 14.1. The molecule has 5 rings (SSSR count). The lowest BCUT2D eigenvalue weighted by molar-refractivity contribution is -0.170. The summed E-state index contributed by atoms with van der Waals surface area (Å²) in [5, 5.41) is 7.51. The van der Waals surface area contributed by atoms with Crippen molar-refractivity contribution in [2.45, 2.75) is 76.7 Å². The third-order valence-corrected chi connectivity index (χ3v) is 8.06. The van der Waals surface area contributed by atoms with Crippen molar-refractivity contribution in [2.75, 3.05) is 39.4 Å². The van der Waals surface area contributed by atoms with Crippen molar-refractivity contribution < 1.29 is 19.1 Å². The lowest BCUT2D eigenvalue weighted by atomic mass is 9.90. The highest BCUT2D eigenvalue weighted by molar-refractivity contribution is 5.95. The van der Waals surface area contributed by atoms with E-state index in [1.54, 1.807) is 0 Å². The Morgan fingerprint density at radius 2 is 1.92 bits per heavy atom. The number of benzene rings is 1. The lowest BCUT2D eigenvalue weighted by Crippen LogP contribution is -2.62. The number of H-pyrrole nitrogens is 1.